The normalized spacial score (nSPS) is 26.9. The summed E-state index contributed by atoms with van der Waals surface area (Å²) >= 11 is 0. The number of piperidine rings is 1. The third kappa shape index (κ3) is 3.48. The van der Waals surface area contributed by atoms with Crippen LogP contribution in [0.25, 0.3) is 0 Å². The molecule has 2 fully saturated rings. The molecule has 0 aromatic heterocycles. The second kappa shape index (κ2) is 7.31. The van der Waals surface area contributed by atoms with Gasteiger partial charge in [0.15, 0.2) is 0 Å². The largest absolute Gasteiger partial charge is 0.481 e. The molecule has 2 heterocycles. The molecule has 29 heavy (non-hydrogen) atoms. The van der Waals surface area contributed by atoms with Crippen LogP contribution in [0.5, 0.6) is 0 Å². The van der Waals surface area contributed by atoms with Crippen molar-refractivity contribution >= 4 is 35.3 Å². The molecule has 152 valence electrons. The van der Waals surface area contributed by atoms with Gasteiger partial charge in [0.25, 0.3) is 11.8 Å². The Morgan fingerprint density at radius 1 is 1.00 bits per heavy atom. The molecule has 3 aliphatic rings. The second-order valence-corrected chi connectivity index (χ2v) is 7.74. The highest BCUT2D eigenvalue weighted by atomic mass is 16.4. The summed E-state index contributed by atoms with van der Waals surface area (Å²) in [6.07, 6.45) is 2.81. The van der Waals surface area contributed by atoms with Crippen molar-refractivity contribution in [3.05, 3.63) is 29.3 Å². The molecule has 1 saturated heterocycles. The quantitative estimate of drug-likeness (QED) is 0.647. The lowest BCUT2D eigenvalue weighted by Crippen LogP contribution is -2.54. The van der Waals surface area contributed by atoms with E-state index < -0.39 is 35.6 Å². The summed E-state index contributed by atoms with van der Waals surface area (Å²) < 4.78 is 0. The number of carboxylic acids is 1. The van der Waals surface area contributed by atoms with Gasteiger partial charge in [-0.1, -0.05) is 0 Å². The standard InChI is InChI=1S/C20H21N3O6/c24-16-8-7-15(17(25)22-16)23-18(26)13-6-5-12(9-14(13)19(23)27)21-11-3-1-10(2-4-11)20(28)29/h5-6,9-11,15,21H,1-4,7-8H2,(H,28,29)(H,22,24,25). The van der Waals surface area contributed by atoms with Crippen molar-refractivity contribution in [1.29, 1.82) is 0 Å². The molecule has 9 heteroatoms. The number of rotatable bonds is 4. The number of anilines is 1. The van der Waals surface area contributed by atoms with Gasteiger partial charge in [0.05, 0.1) is 17.0 Å². The maximum absolute atomic E-state index is 12.8. The van der Waals surface area contributed by atoms with Crippen LogP contribution in [0.1, 0.15) is 59.2 Å². The van der Waals surface area contributed by atoms with E-state index in [-0.39, 0.29) is 35.9 Å². The average Bonchev–Trinajstić information content (AvgIpc) is 2.93. The number of hydrogen-bond donors (Lipinski definition) is 3. The summed E-state index contributed by atoms with van der Waals surface area (Å²) in [6, 6.07) is 3.99. The molecule has 1 aliphatic carbocycles. The Hall–Kier alpha value is -3.23. The van der Waals surface area contributed by atoms with E-state index in [9.17, 15) is 24.0 Å². The van der Waals surface area contributed by atoms with E-state index in [2.05, 4.69) is 10.6 Å². The van der Waals surface area contributed by atoms with E-state index in [1.54, 1.807) is 18.2 Å². The zero-order chi connectivity index (χ0) is 20.7. The summed E-state index contributed by atoms with van der Waals surface area (Å²) in [6.45, 7) is 0. The molecule has 1 aromatic rings. The minimum atomic E-state index is -0.984. The molecule has 1 aromatic carbocycles. The Morgan fingerprint density at radius 3 is 2.34 bits per heavy atom. The SMILES string of the molecule is O=C1CCC(N2C(=O)c3ccc(NC4CCC(C(=O)O)CC4)cc3C2=O)C(=O)N1. The third-order valence-electron chi connectivity index (χ3n) is 5.89. The number of carbonyl (C=O) groups excluding carboxylic acids is 4. The number of benzene rings is 1. The maximum atomic E-state index is 12.8. The van der Waals surface area contributed by atoms with Gasteiger partial charge in [-0.15, -0.1) is 0 Å². The first kappa shape index (κ1) is 19.1. The van der Waals surface area contributed by atoms with Gasteiger partial charge in [0.1, 0.15) is 6.04 Å². The molecular formula is C20H21N3O6. The zero-order valence-electron chi connectivity index (χ0n) is 15.6. The first-order chi connectivity index (χ1) is 13.8. The lowest BCUT2D eigenvalue weighted by Gasteiger charge is -2.28. The number of nitrogens with zero attached hydrogens (tertiary/aromatic N) is 1. The summed E-state index contributed by atoms with van der Waals surface area (Å²) in [4.78, 5) is 61.0. The minimum absolute atomic E-state index is 0.0790. The number of carbonyl (C=O) groups is 5. The Kier molecular flexibility index (Phi) is 4.81. The fraction of sp³-hybridized carbons (Fsp3) is 0.450. The highest BCUT2D eigenvalue weighted by Gasteiger charge is 2.44. The van der Waals surface area contributed by atoms with Crippen LogP contribution in [0.2, 0.25) is 0 Å². The van der Waals surface area contributed by atoms with Crippen molar-refractivity contribution in [3.8, 4) is 0 Å². The fourth-order valence-corrected chi connectivity index (χ4v) is 4.28. The van der Waals surface area contributed by atoms with Gasteiger partial charge < -0.3 is 10.4 Å². The van der Waals surface area contributed by atoms with Crippen molar-refractivity contribution in [2.45, 2.75) is 50.6 Å². The number of fused-ring (bicyclic) bond motifs is 1. The molecule has 1 unspecified atom stereocenters. The predicted molar refractivity (Wildman–Crippen MR) is 100 cm³/mol. The number of hydrogen-bond acceptors (Lipinski definition) is 6. The molecule has 0 spiro atoms. The Labute approximate surface area is 166 Å². The monoisotopic (exact) mass is 399 g/mol. The van der Waals surface area contributed by atoms with Crippen molar-refractivity contribution in [3.63, 3.8) is 0 Å². The molecule has 3 N–H and O–H groups in total. The van der Waals surface area contributed by atoms with Crippen LogP contribution in [-0.2, 0) is 14.4 Å². The van der Waals surface area contributed by atoms with Crippen LogP contribution in [0, 0.1) is 5.92 Å². The van der Waals surface area contributed by atoms with Crippen LogP contribution in [0.4, 0.5) is 5.69 Å². The van der Waals surface area contributed by atoms with Crippen molar-refractivity contribution in [1.82, 2.24) is 10.2 Å². The number of nitrogens with one attached hydrogen (secondary N) is 2. The first-order valence-electron chi connectivity index (χ1n) is 9.70. The first-order valence-corrected chi connectivity index (χ1v) is 9.70. The van der Waals surface area contributed by atoms with Gasteiger partial charge in [0.2, 0.25) is 11.8 Å². The van der Waals surface area contributed by atoms with E-state index in [0.29, 0.717) is 31.4 Å². The lowest BCUT2D eigenvalue weighted by atomic mass is 9.86. The minimum Gasteiger partial charge on any atom is -0.481 e. The molecule has 0 bridgehead atoms. The third-order valence-corrected chi connectivity index (χ3v) is 5.89. The Morgan fingerprint density at radius 2 is 1.69 bits per heavy atom. The van der Waals surface area contributed by atoms with E-state index in [4.69, 9.17) is 5.11 Å². The van der Waals surface area contributed by atoms with Gasteiger partial charge in [-0.2, -0.15) is 0 Å². The Bertz CT molecular complexity index is 919. The van der Waals surface area contributed by atoms with Crippen LogP contribution in [0.3, 0.4) is 0 Å². The fourth-order valence-electron chi connectivity index (χ4n) is 4.28. The molecule has 4 amide bonds. The number of imide groups is 2. The highest BCUT2D eigenvalue weighted by Crippen LogP contribution is 2.31. The molecule has 0 radical (unpaired) electrons. The van der Waals surface area contributed by atoms with Gasteiger partial charge in [-0.05, 0) is 50.3 Å². The highest BCUT2D eigenvalue weighted by molar-refractivity contribution is 6.23. The Balaban J connectivity index is 1.48. The van der Waals surface area contributed by atoms with E-state index in [1.807, 2.05) is 0 Å². The van der Waals surface area contributed by atoms with Crippen molar-refractivity contribution in [2.24, 2.45) is 5.92 Å². The topological polar surface area (TPSA) is 133 Å². The van der Waals surface area contributed by atoms with Crippen LogP contribution < -0.4 is 10.6 Å². The summed E-state index contributed by atoms with van der Waals surface area (Å²) in [7, 11) is 0. The number of aliphatic carboxylic acids is 1. The summed E-state index contributed by atoms with van der Waals surface area (Å²) in [5, 5.41) is 14.6. The maximum Gasteiger partial charge on any atom is 0.306 e. The van der Waals surface area contributed by atoms with Crippen molar-refractivity contribution in [2.75, 3.05) is 5.32 Å². The van der Waals surface area contributed by atoms with Crippen LogP contribution in [-0.4, -0.2) is 51.7 Å². The van der Waals surface area contributed by atoms with Gasteiger partial charge in [-0.3, -0.25) is 34.2 Å². The van der Waals surface area contributed by atoms with E-state index >= 15 is 0 Å². The molecule has 1 saturated carbocycles. The van der Waals surface area contributed by atoms with Crippen molar-refractivity contribution < 1.29 is 29.1 Å². The average molecular weight is 399 g/mol. The second-order valence-electron chi connectivity index (χ2n) is 7.74. The molecule has 9 nitrogen and oxygen atoms in total. The summed E-state index contributed by atoms with van der Waals surface area (Å²) in [5.74, 6) is -3.20. The number of carboxylic acid groups (broad SMARTS) is 1. The molecular weight excluding hydrogens is 378 g/mol. The smallest absolute Gasteiger partial charge is 0.306 e. The van der Waals surface area contributed by atoms with Gasteiger partial charge in [0, 0.05) is 18.2 Å². The zero-order valence-corrected chi connectivity index (χ0v) is 15.6. The van der Waals surface area contributed by atoms with E-state index in [1.165, 1.54) is 0 Å². The predicted octanol–water partition coefficient (Wildman–Crippen LogP) is 1.14. The van der Waals surface area contributed by atoms with E-state index in [0.717, 1.165) is 4.90 Å². The van der Waals surface area contributed by atoms with Gasteiger partial charge in [-0.25, -0.2) is 0 Å². The molecule has 4 rings (SSSR count). The molecule has 2 aliphatic heterocycles. The lowest BCUT2D eigenvalue weighted by molar-refractivity contribution is -0.143. The number of amides is 4. The van der Waals surface area contributed by atoms with Gasteiger partial charge >= 0.3 is 5.97 Å². The van der Waals surface area contributed by atoms with Crippen LogP contribution >= 0.6 is 0 Å². The van der Waals surface area contributed by atoms with Crippen LogP contribution in [0.15, 0.2) is 18.2 Å². The summed E-state index contributed by atoms with van der Waals surface area (Å²) in [5.41, 5.74) is 1.14. The molecule has 1 atom stereocenters.